The molecule has 1 heterocycles. The zero-order valence-corrected chi connectivity index (χ0v) is 12.2. The maximum Gasteiger partial charge on any atom is 0.121 e. The van der Waals surface area contributed by atoms with Crippen molar-refractivity contribution in [3.05, 3.63) is 59.6 Å². The second-order valence-electron chi connectivity index (χ2n) is 4.99. The van der Waals surface area contributed by atoms with Crippen molar-refractivity contribution in [1.29, 1.82) is 0 Å². The fourth-order valence-electron chi connectivity index (χ4n) is 2.76. The summed E-state index contributed by atoms with van der Waals surface area (Å²) < 4.78 is 5.26. The molecule has 4 rings (SSSR count). The van der Waals surface area contributed by atoms with Crippen LogP contribution in [0.2, 0.25) is 5.02 Å². The molecule has 0 spiro atoms. The molecule has 102 valence electrons. The molecule has 3 heteroatoms. The van der Waals surface area contributed by atoms with Crippen LogP contribution in [-0.2, 0) is 0 Å². The molecular formula is C18H12ClNO. The summed E-state index contributed by atoms with van der Waals surface area (Å²) in [6, 6.07) is 18.1. The number of rotatable bonds is 1. The van der Waals surface area contributed by atoms with E-state index in [-0.39, 0.29) is 0 Å². The van der Waals surface area contributed by atoms with Gasteiger partial charge < -0.3 is 4.74 Å². The quantitative estimate of drug-likeness (QED) is 0.355. The Balaban J connectivity index is 2.21. The number of halogens is 1. The zero-order valence-electron chi connectivity index (χ0n) is 11.4. The largest absolute Gasteiger partial charge is 0.497 e. The van der Waals surface area contributed by atoms with Crippen molar-refractivity contribution in [2.45, 2.75) is 0 Å². The van der Waals surface area contributed by atoms with Crippen LogP contribution in [0.25, 0.3) is 32.6 Å². The molecule has 1 aromatic heterocycles. The van der Waals surface area contributed by atoms with E-state index < -0.39 is 0 Å². The smallest absolute Gasteiger partial charge is 0.121 e. The first-order valence-electron chi connectivity index (χ1n) is 6.72. The summed E-state index contributed by atoms with van der Waals surface area (Å²) in [4.78, 5) is 4.73. The van der Waals surface area contributed by atoms with Gasteiger partial charge in [-0.1, -0.05) is 41.9 Å². The van der Waals surface area contributed by atoms with E-state index in [1.807, 2.05) is 36.4 Å². The predicted octanol–water partition coefficient (Wildman–Crippen LogP) is 5.20. The number of pyridine rings is 1. The Morgan fingerprint density at radius 3 is 2.62 bits per heavy atom. The average molecular weight is 294 g/mol. The molecule has 0 aliphatic rings. The van der Waals surface area contributed by atoms with E-state index in [1.54, 1.807) is 7.11 Å². The molecule has 0 amide bonds. The molecule has 0 N–H and O–H groups in total. The molecule has 0 radical (unpaired) electrons. The van der Waals surface area contributed by atoms with E-state index in [0.29, 0.717) is 0 Å². The van der Waals surface area contributed by atoms with Gasteiger partial charge in [-0.3, -0.25) is 0 Å². The van der Waals surface area contributed by atoms with E-state index in [2.05, 4.69) is 18.2 Å². The fraction of sp³-hybridized carbons (Fsp3) is 0.0556. The van der Waals surface area contributed by atoms with E-state index in [1.165, 1.54) is 5.39 Å². The van der Waals surface area contributed by atoms with Gasteiger partial charge >= 0.3 is 0 Å². The van der Waals surface area contributed by atoms with Crippen LogP contribution < -0.4 is 4.74 Å². The van der Waals surface area contributed by atoms with Gasteiger partial charge in [-0.25, -0.2) is 4.98 Å². The summed E-state index contributed by atoms with van der Waals surface area (Å²) in [6.45, 7) is 0. The molecule has 4 aromatic rings. The first kappa shape index (κ1) is 12.4. The highest BCUT2D eigenvalue weighted by molar-refractivity contribution is 6.42. The van der Waals surface area contributed by atoms with E-state index in [4.69, 9.17) is 21.3 Å². The lowest BCUT2D eigenvalue weighted by atomic mass is 10.0. The van der Waals surface area contributed by atoms with Gasteiger partial charge in [0.05, 0.1) is 23.2 Å². The fourth-order valence-corrected chi connectivity index (χ4v) is 3.12. The Morgan fingerprint density at radius 2 is 1.76 bits per heavy atom. The van der Waals surface area contributed by atoms with E-state index in [9.17, 15) is 0 Å². The molecule has 21 heavy (non-hydrogen) atoms. The Kier molecular flexibility index (Phi) is 2.72. The number of hydrogen-bond donors (Lipinski definition) is 0. The van der Waals surface area contributed by atoms with Gasteiger partial charge in [0.25, 0.3) is 0 Å². The highest BCUT2D eigenvalue weighted by Crippen LogP contribution is 2.36. The van der Waals surface area contributed by atoms with Crippen LogP contribution in [0, 0.1) is 0 Å². The molecule has 0 aliphatic carbocycles. The SMILES string of the molecule is COc1ccc2c(Cl)c3c(ccc4ccccc43)nc2c1. The first-order chi connectivity index (χ1) is 10.3. The topological polar surface area (TPSA) is 22.1 Å². The van der Waals surface area contributed by atoms with Gasteiger partial charge in [-0.05, 0) is 29.0 Å². The maximum absolute atomic E-state index is 6.67. The van der Waals surface area contributed by atoms with Crippen LogP contribution in [0.1, 0.15) is 0 Å². The molecule has 0 unspecified atom stereocenters. The monoisotopic (exact) mass is 293 g/mol. The maximum atomic E-state index is 6.67. The minimum atomic E-state index is 0.745. The lowest BCUT2D eigenvalue weighted by Gasteiger charge is -2.09. The van der Waals surface area contributed by atoms with Crippen LogP contribution in [0.5, 0.6) is 5.75 Å². The number of aromatic nitrogens is 1. The van der Waals surface area contributed by atoms with Gasteiger partial charge in [-0.2, -0.15) is 0 Å². The molecule has 0 bridgehead atoms. The Bertz CT molecular complexity index is 994. The highest BCUT2D eigenvalue weighted by atomic mass is 35.5. The van der Waals surface area contributed by atoms with Crippen molar-refractivity contribution in [3.63, 3.8) is 0 Å². The van der Waals surface area contributed by atoms with Crippen LogP contribution in [0.3, 0.4) is 0 Å². The number of benzene rings is 3. The molecule has 0 atom stereocenters. The Labute approximate surface area is 126 Å². The first-order valence-corrected chi connectivity index (χ1v) is 7.10. The second-order valence-corrected chi connectivity index (χ2v) is 5.37. The minimum Gasteiger partial charge on any atom is -0.497 e. The van der Waals surface area contributed by atoms with Gasteiger partial charge in [0.2, 0.25) is 0 Å². The molecular weight excluding hydrogens is 282 g/mol. The molecule has 0 fully saturated rings. The third kappa shape index (κ3) is 1.83. The summed E-state index contributed by atoms with van der Waals surface area (Å²) in [7, 11) is 1.65. The third-order valence-corrected chi connectivity index (χ3v) is 4.20. The van der Waals surface area contributed by atoms with Gasteiger partial charge in [0.15, 0.2) is 0 Å². The third-order valence-electron chi connectivity index (χ3n) is 3.81. The molecule has 0 saturated carbocycles. The van der Waals surface area contributed by atoms with Gasteiger partial charge in [0.1, 0.15) is 5.75 Å². The number of nitrogens with zero attached hydrogens (tertiary/aromatic N) is 1. The Hall–Kier alpha value is -2.32. The molecule has 0 aliphatic heterocycles. The number of fused-ring (bicyclic) bond motifs is 4. The van der Waals surface area contributed by atoms with Crippen LogP contribution in [-0.4, -0.2) is 12.1 Å². The van der Waals surface area contributed by atoms with Crippen molar-refractivity contribution in [3.8, 4) is 5.75 Å². The summed E-state index contributed by atoms with van der Waals surface area (Å²) >= 11 is 6.67. The lowest BCUT2D eigenvalue weighted by Crippen LogP contribution is -1.88. The number of methoxy groups -OCH3 is 1. The summed E-state index contributed by atoms with van der Waals surface area (Å²) in [6.07, 6.45) is 0. The van der Waals surface area contributed by atoms with Crippen molar-refractivity contribution in [2.75, 3.05) is 7.11 Å². The minimum absolute atomic E-state index is 0.745. The van der Waals surface area contributed by atoms with Crippen LogP contribution in [0.15, 0.2) is 54.6 Å². The standard InChI is InChI=1S/C18H12ClNO/c1-21-12-7-8-14-16(10-12)20-15-9-6-11-4-2-3-5-13(11)17(15)18(14)19/h2-10H,1H3. The van der Waals surface area contributed by atoms with Crippen LogP contribution in [0.4, 0.5) is 0 Å². The predicted molar refractivity (Wildman–Crippen MR) is 88.3 cm³/mol. The number of hydrogen-bond acceptors (Lipinski definition) is 2. The average Bonchev–Trinajstić information content (AvgIpc) is 2.54. The lowest BCUT2D eigenvalue weighted by molar-refractivity contribution is 0.415. The van der Waals surface area contributed by atoms with Crippen LogP contribution >= 0.6 is 11.6 Å². The summed E-state index contributed by atoms with van der Waals surface area (Å²) in [5.74, 6) is 0.784. The van der Waals surface area contributed by atoms with Gasteiger partial charge in [-0.15, -0.1) is 0 Å². The second kappa shape index (κ2) is 4.61. The molecule has 0 saturated heterocycles. The normalized spacial score (nSPS) is 11.3. The zero-order chi connectivity index (χ0) is 14.4. The number of ether oxygens (including phenoxy) is 1. The van der Waals surface area contributed by atoms with E-state index >= 15 is 0 Å². The molecule has 2 nitrogen and oxygen atoms in total. The summed E-state index contributed by atoms with van der Waals surface area (Å²) in [5, 5.41) is 5.00. The summed E-state index contributed by atoms with van der Waals surface area (Å²) in [5.41, 5.74) is 1.75. The van der Waals surface area contributed by atoms with Crippen molar-refractivity contribution in [2.24, 2.45) is 0 Å². The van der Waals surface area contributed by atoms with E-state index in [0.717, 1.165) is 38.0 Å². The Morgan fingerprint density at radius 1 is 0.905 bits per heavy atom. The van der Waals surface area contributed by atoms with Crippen molar-refractivity contribution < 1.29 is 4.74 Å². The molecule has 3 aromatic carbocycles. The van der Waals surface area contributed by atoms with Crippen molar-refractivity contribution in [1.82, 2.24) is 4.98 Å². The van der Waals surface area contributed by atoms with Crippen molar-refractivity contribution >= 4 is 44.2 Å². The highest BCUT2D eigenvalue weighted by Gasteiger charge is 2.10. The van der Waals surface area contributed by atoms with Gasteiger partial charge in [0, 0.05) is 16.8 Å².